The van der Waals surface area contributed by atoms with Crippen molar-refractivity contribution in [3.05, 3.63) is 59.7 Å². The Morgan fingerprint density at radius 2 is 2.30 bits per heavy atom. The third-order valence-electron chi connectivity index (χ3n) is 3.30. The first-order chi connectivity index (χ1) is 11.0. The molecule has 122 valence electrons. The second-order valence-electron chi connectivity index (χ2n) is 5.13. The van der Waals surface area contributed by atoms with Crippen LogP contribution in [-0.4, -0.2) is 22.3 Å². The summed E-state index contributed by atoms with van der Waals surface area (Å²) in [6, 6.07) is 6.56. The second-order valence-corrected chi connectivity index (χ2v) is 5.13. The van der Waals surface area contributed by atoms with Crippen LogP contribution in [0.3, 0.4) is 0 Å². The third-order valence-corrected chi connectivity index (χ3v) is 3.30. The molecule has 23 heavy (non-hydrogen) atoms. The summed E-state index contributed by atoms with van der Waals surface area (Å²) in [6.07, 6.45) is 2.35. The summed E-state index contributed by atoms with van der Waals surface area (Å²) in [5.41, 5.74) is 1.55. The van der Waals surface area contributed by atoms with Crippen molar-refractivity contribution >= 4 is 5.91 Å². The van der Waals surface area contributed by atoms with E-state index in [1.807, 2.05) is 0 Å². The van der Waals surface area contributed by atoms with Gasteiger partial charge in [0, 0.05) is 19.2 Å². The minimum absolute atomic E-state index is 0.0769. The predicted molar refractivity (Wildman–Crippen MR) is 85.8 cm³/mol. The summed E-state index contributed by atoms with van der Waals surface area (Å²) in [5, 5.41) is 6.81. The van der Waals surface area contributed by atoms with E-state index in [1.54, 1.807) is 44.3 Å². The third kappa shape index (κ3) is 4.18. The number of aryl methyl sites for hydroxylation is 2. The summed E-state index contributed by atoms with van der Waals surface area (Å²) in [4.78, 5) is 12.1. The van der Waals surface area contributed by atoms with Gasteiger partial charge in [-0.2, -0.15) is 5.10 Å². The van der Waals surface area contributed by atoms with Crippen LogP contribution >= 0.6 is 0 Å². The van der Waals surface area contributed by atoms with Crippen LogP contribution in [0.15, 0.2) is 36.9 Å². The number of halogens is 1. The average molecular weight is 317 g/mol. The first-order valence-electron chi connectivity index (χ1n) is 7.33. The van der Waals surface area contributed by atoms with Crippen LogP contribution in [0.4, 0.5) is 4.39 Å². The molecule has 0 spiro atoms. The number of carbonyl (C=O) groups is 1. The molecule has 0 saturated carbocycles. The fourth-order valence-corrected chi connectivity index (χ4v) is 2.15. The molecular weight excluding hydrogens is 297 g/mol. The highest BCUT2D eigenvalue weighted by molar-refractivity contribution is 5.92. The quantitative estimate of drug-likeness (QED) is 0.631. The molecule has 1 aromatic heterocycles. The maximum absolute atomic E-state index is 14.3. The monoisotopic (exact) mass is 317 g/mol. The highest BCUT2D eigenvalue weighted by Crippen LogP contribution is 2.20. The number of aromatic nitrogens is 2. The molecule has 2 rings (SSSR count). The van der Waals surface area contributed by atoms with Gasteiger partial charge in [0.15, 0.2) is 11.6 Å². The summed E-state index contributed by atoms with van der Waals surface area (Å²) in [5.74, 6) is -0.585. The summed E-state index contributed by atoms with van der Waals surface area (Å²) >= 11 is 0. The van der Waals surface area contributed by atoms with Gasteiger partial charge >= 0.3 is 0 Å². The van der Waals surface area contributed by atoms with E-state index < -0.39 is 5.82 Å². The Labute approximate surface area is 134 Å². The first kappa shape index (κ1) is 16.7. The fourth-order valence-electron chi connectivity index (χ4n) is 2.15. The van der Waals surface area contributed by atoms with Gasteiger partial charge in [-0.1, -0.05) is 18.2 Å². The van der Waals surface area contributed by atoms with Crippen molar-refractivity contribution in [2.24, 2.45) is 7.05 Å². The zero-order valence-corrected chi connectivity index (χ0v) is 13.3. The number of nitrogens with zero attached hydrogens (tertiary/aromatic N) is 2. The van der Waals surface area contributed by atoms with E-state index in [9.17, 15) is 9.18 Å². The standard InChI is InChI=1S/C17H20FN3O2/c1-4-5-9-23-15-8-6-7-13(16(15)18)11-19-17(22)14-10-12(2)20-21(14)3/h4,6-8,10H,1,5,9,11H2,2-3H3,(H,19,22). The van der Waals surface area contributed by atoms with Crippen LogP contribution in [0.1, 0.15) is 28.2 Å². The van der Waals surface area contributed by atoms with Gasteiger partial charge in [-0.25, -0.2) is 4.39 Å². The molecular formula is C17H20FN3O2. The van der Waals surface area contributed by atoms with Crippen LogP contribution in [0.5, 0.6) is 5.75 Å². The summed E-state index contributed by atoms with van der Waals surface area (Å²) < 4.78 is 21.2. The average Bonchev–Trinajstić information content (AvgIpc) is 2.86. The molecule has 5 nitrogen and oxygen atoms in total. The SMILES string of the molecule is C=CCCOc1cccc(CNC(=O)c2cc(C)nn2C)c1F. The van der Waals surface area contributed by atoms with Crippen molar-refractivity contribution in [1.82, 2.24) is 15.1 Å². The Morgan fingerprint density at radius 1 is 1.52 bits per heavy atom. The van der Waals surface area contributed by atoms with E-state index in [1.165, 1.54) is 4.68 Å². The molecule has 2 aromatic rings. The fraction of sp³-hybridized carbons (Fsp3) is 0.294. The lowest BCUT2D eigenvalue weighted by Gasteiger charge is -2.10. The molecule has 0 aliphatic heterocycles. The molecule has 1 heterocycles. The zero-order chi connectivity index (χ0) is 16.8. The number of amides is 1. The van der Waals surface area contributed by atoms with Crippen molar-refractivity contribution in [3.8, 4) is 5.75 Å². The van der Waals surface area contributed by atoms with Gasteiger partial charge < -0.3 is 10.1 Å². The van der Waals surface area contributed by atoms with Crippen molar-refractivity contribution in [2.45, 2.75) is 19.9 Å². The molecule has 6 heteroatoms. The van der Waals surface area contributed by atoms with E-state index in [0.717, 1.165) is 5.69 Å². The predicted octanol–water partition coefficient (Wildman–Crippen LogP) is 2.75. The molecule has 0 unspecified atom stereocenters. The maximum Gasteiger partial charge on any atom is 0.269 e. The Balaban J connectivity index is 2.02. The number of benzene rings is 1. The van der Waals surface area contributed by atoms with Crippen LogP contribution in [0.2, 0.25) is 0 Å². The molecule has 0 aliphatic carbocycles. The van der Waals surface area contributed by atoms with Gasteiger partial charge in [-0.05, 0) is 25.5 Å². The van der Waals surface area contributed by atoms with Crippen molar-refractivity contribution in [1.29, 1.82) is 0 Å². The first-order valence-corrected chi connectivity index (χ1v) is 7.33. The van der Waals surface area contributed by atoms with Crippen LogP contribution < -0.4 is 10.1 Å². The van der Waals surface area contributed by atoms with E-state index in [4.69, 9.17) is 4.74 Å². The number of ether oxygens (including phenoxy) is 1. The van der Waals surface area contributed by atoms with Crippen molar-refractivity contribution in [2.75, 3.05) is 6.61 Å². The van der Waals surface area contributed by atoms with Gasteiger partial charge in [-0.3, -0.25) is 9.48 Å². The Kier molecular flexibility index (Phi) is 5.51. The minimum atomic E-state index is -0.460. The molecule has 0 aliphatic rings. The Bertz CT molecular complexity index is 710. The number of hydrogen-bond donors (Lipinski definition) is 1. The van der Waals surface area contributed by atoms with Gasteiger partial charge in [0.05, 0.1) is 12.3 Å². The number of rotatable bonds is 7. The minimum Gasteiger partial charge on any atom is -0.490 e. The van der Waals surface area contributed by atoms with Crippen molar-refractivity contribution < 1.29 is 13.9 Å². The van der Waals surface area contributed by atoms with Gasteiger partial charge in [0.2, 0.25) is 0 Å². The van der Waals surface area contributed by atoms with Gasteiger partial charge in [0.1, 0.15) is 5.69 Å². The van der Waals surface area contributed by atoms with Crippen LogP contribution in [0.25, 0.3) is 0 Å². The molecule has 0 saturated heterocycles. The molecule has 0 radical (unpaired) electrons. The number of hydrogen-bond acceptors (Lipinski definition) is 3. The van der Waals surface area contributed by atoms with Crippen LogP contribution in [-0.2, 0) is 13.6 Å². The normalized spacial score (nSPS) is 10.4. The van der Waals surface area contributed by atoms with E-state index in [2.05, 4.69) is 17.0 Å². The molecule has 0 atom stereocenters. The van der Waals surface area contributed by atoms with E-state index in [0.29, 0.717) is 24.3 Å². The van der Waals surface area contributed by atoms with Crippen molar-refractivity contribution in [3.63, 3.8) is 0 Å². The van der Waals surface area contributed by atoms with Gasteiger partial charge in [0.25, 0.3) is 5.91 Å². The maximum atomic E-state index is 14.3. The lowest BCUT2D eigenvalue weighted by molar-refractivity contribution is 0.0941. The van der Waals surface area contributed by atoms with Crippen LogP contribution in [0, 0.1) is 12.7 Å². The van der Waals surface area contributed by atoms with E-state index in [-0.39, 0.29) is 18.2 Å². The molecule has 0 fully saturated rings. The Morgan fingerprint density at radius 3 is 2.96 bits per heavy atom. The Hall–Kier alpha value is -2.63. The molecule has 1 aromatic carbocycles. The highest BCUT2D eigenvalue weighted by Gasteiger charge is 2.14. The zero-order valence-electron chi connectivity index (χ0n) is 13.3. The lowest BCUT2D eigenvalue weighted by atomic mass is 10.2. The van der Waals surface area contributed by atoms with E-state index >= 15 is 0 Å². The lowest BCUT2D eigenvalue weighted by Crippen LogP contribution is -2.25. The number of nitrogens with one attached hydrogen (secondary N) is 1. The molecule has 1 N–H and O–H groups in total. The summed E-state index contributed by atoms with van der Waals surface area (Å²) in [7, 11) is 1.69. The smallest absolute Gasteiger partial charge is 0.269 e. The second kappa shape index (κ2) is 7.58. The molecule has 0 bridgehead atoms. The van der Waals surface area contributed by atoms with Gasteiger partial charge in [-0.15, -0.1) is 6.58 Å². The molecule has 1 amide bonds. The largest absolute Gasteiger partial charge is 0.490 e. The highest BCUT2D eigenvalue weighted by atomic mass is 19.1. The number of carbonyl (C=O) groups excluding carboxylic acids is 1. The topological polar surface area (TPSA) is 56.1 Å². The summed E-state index contributed by atoms with van der Waals surface area (Å²) in [6.45, 7) is 5.84.